The van der Waals surface area contributed by atoms with Gasteiger partial charge in [0.1, 0.15) is 0 Å². The van der Waals surface area contributed by atoms with Crippen molar-refractivity contribution in [2.75, 3.05) is 13.2 Å². The smallest absolute Gasteiger partial charge is 0.334 e. The molecule has 0 radical (unpaired) electrons. The van der Waals surface area contributed by atoms with E-state index in [9.17, 15) is 9.59 Å². The predicted octanol–water partition coefficient (Wildman–Crippen LogP) is 4.18. The topological polar surface area (TPSA) is 52.6 Å². The van der Waals surface area contributed by atoms with E-state index in [0.717, 1.165) is 38.5 Å². The molecule has 0 saturated heterocycles. The Labute approximate surface area is 134 Å². The highest BCUT2D eigenvalue weighted by Crippen LogP contribution is 2.33. The van der Waals surface area contributed by atoms with Crippen molar-refractivity contribution in [3.05, 3.63) is 11.1 Å². The van der Waals surface area contributed by atoms with E-state index in [1.165, 1.54) is 6.42 Å². The van der Waals surface area contributed by atoms with Crippen LogP contribution in [0.4, 0.5) is 0 Å². The van der Waals surface area contributed by atoms with Gasteiger partial charge in [0.2, 0.25) is 0 Å². The monoisotopic (exact) mass is 310 g/mol. The second-order valence-corrected chi connectivity index (χ2v) is 5.85. The van der Waals surface area contributed by atoms with Gasteiger partial charge < -0.3 is 9.47 Å². The van der Waals surface area contributed by atoms with Crippen molar-refractivity contribution in [1.29, 1.82) is 0 Å². The van der Waals surface area contributed by atoms with Gasteiger partial charge in [-0.1, -0.05) is 40.0 Å². The van der Waals surface area contributed by atoms with E-state index in [1.54, 1.807) is 0 Å². The first-order valence-electron chi connectivity index (χ1n) is 8.72. The minimum atomic E-state index is -0.349. The summed E-state index contributed by atoms with van der Waals surface area (Å²) in [5.74, 6) is -0.528. The summed E-state index contributed by atoms with van der Waals surface area (Å²) in [6.07, 6.45) is 7.41. The maximum absolute atomic E-state index is 12.5. The van der Waals surface area contributed by atoms with Crippen LogP contribution < -0.4 is 0 Å². The van der Waals surface area contributed by atoms with E-state index in [4.69, 9.17) is 9.47 Å². The lowest BCUT2D eigenvalue weighted by Crippen LogP contribution is -2.24. The van der Waals surface area contributed by atoms with Crippen molar-refractivity contribution in [3.8, 4) is 0 Å². The SMILES string of the molecule is CCCOC(=O)/C(CC)=C(\C(=O)OCCC)C1CCCCC1. The lowest BCUT2D eigenvalue weighted by Gasteiger charge is -2.25. The third-order valence-corrected chi connectivity index (χ3v) is 4.03. The first-order valence-corrected chi connectivity index (χ1v) is 8.72. The third kappa shape index (κ3) is 5.47. The molecule has 1 aliphatic carbocycles. The van der Waals surface area contributed by atoms with Crippen molar-refractivity contribution in [2.45, 2.75) is 72.1 Å². The third-order valence-electron chi connectivity index (χ3n) is 4.03. The fourth-order valence-corrected chi connectivity index (χ4v) is 2.93. The summed E-state index contributed by atoms with van der Waals surface area (Å²) in [5.41, 5.74) is 1.10. The van der Waals surface area contributed by atoms with Crippen LogP contribution >= 0.6 is 0 Å². The highest BCUT2D eigenvalue weighted by molar-refractivity contribution is 6.00. The molecular weight excluding hydrogens is 280 g/mol. The molecule has 0 aromatic heterocycles. The van der Waals surface area contributed by atoms with Crippen molar-refractivity contribution in [1.82, 2.24) is 0 Å². The summed E-state index contributed by atoms with van der Waals surface area (Å²) in [4.78, 5) is 24.8. The molecule has 0 atom stereocenters. The summed E-state index contributed by atoms with van der Waals surface area (Å²) in [6, 6.07) is 0. The predicted molar refractivity (Wildman–Crippen MR) is 86.4 cm³/mol. The van der Waals surface area contributed by atoms with E-state index < -0.39 is 0 Å². The summed E-state index contributed by atoms with van der Waals surface area (Å²) in [6.45, 7) is 6.62. The zero-order valence-electron chi connectivity index (χ0n) is 14.3. The average Bonchev–Trinajstić information content (AvgIpc) is 2.55. The van der Waals surface area contributed by atoms with E-state index in [-0.39, 0.29) is 17.9 Å². The Morgan fingerprint density at radius 1 is 0.864 bits per heavy atom. The molecule has 126 valence electrons. The molecule has 0 heterocycles. The Bertz CT molecular complexity index is 392. The molecule has 0 N–H and O–H groups in total. The Morgan fingerprint density at radius 3 is 1.91 bits per heavy atom. The van der Waals surface area contributed by atoms with Crippen LogP contribution in [0, 0.1) is 5.92 Å². The van der Waals surface area contributed by atoms with Crippen molar-refractivity contribution in [2.24, 2.45) is 5.92 Å². The molecule has 22 heavy (non-hydrogen) atoms. The van der Waals surface area contributed by atoms with Crippen LogP contribution in [-0.4, -0.2) is 25.2 Å². The quantitative estimate of drug-likeness (QED) is 0.498. The summed E-state index contributed by atoms with van der Waals surface area (Å²) < 4.78 is 10.6. The van der Waals surface area contributed by atoms with Crippen LogP contribution in [0.25, 0.3) is 0 Å². The van der Waals surface area contributed by atoms with Crippen LogP contribution in [0.3, 0.4) is 0 Å². The van der Waals surface area contributed by atoms with E-state index in [2.05, 4.69) is 0 Å². The zero-order chi connectivity index (χ0) is 16.4. The highest BCUT2D eigenvalue weighted by atomic mass is 16.5. The molecule has 1 fully saturated rings. The molecule has 4 nitrogen and oxygen atoms in total. The van der Waals surface area contributed by atoms with Gasteiger partial charge in [-0.3, -0.25) is 0 Å². The maximum atomic E-state index is 12.5. The van der Waals surface area contributed by atoms with Crippen LogP contribution in [-0.2, 0) is 19.1 Å². The Balaban J connectivity index is 3.04. The first kappa shape index (κ1) is 18.7. The number of esters is 2. The molecule has 4 heteroatoms. The molecule has 0 spiro atoms. The minimum Gasteiger partial charge on any atom is -0.462 e. The molecule has 0 aromatic rings. The molecule has 0 bridgehead atoms. The van der Waals surface area contributed by atoms with Gasteiger partial charge in [-0.15, -0.1) is 0 Å². The largest absolute Gasteiger partial charge is 0.462 e. The van der Waals surface area contributed by atoms with Gasteiger partial charge in [0, 0.05) is 5.57 Å². The second-order valence-electron chi connectivity index (χ2n) is 5.85. The molecule has 1 aliphatic rings. The van der Waals surface area contributed by atoms with Crippen molar-refractivity contribution < 1.29 is 19.1 Å². The summed E-state index contributed by atoms with van der Waals surface area (Å²) in [7, 11) is 0. The van der Waals surface area contributed by atoms with E-state index in [1.807, 2.05) is 20.8 Å². The van der Waals surface area contributed by atoms with Gasteiger partial charge in [-0.2, -0.15) is 0 Å². The molecule has 1 saturated carbocycles. The fraction of sp³-hybridized carbons (Fsp3) is 0.778. The van der Waals surface area contributed by atoms with Gasteiger partial charge in [-0.05, 0) is 38.0 Å². The molecular formula is C18H30O4. The molecule has 0 aromatic carbocycles. The normalized spacial score (nSPS) is 16.9. The van der Waals surface area contributed by atoms with E-state index >= 15 is 0 Å². The number of ether oxygens (including phenoxy) is 2. The summed E-state index contributed by atoms with van der Waals surface area (Å²) >= 11 is 0. The lowest BCUT2D eigenvalue weighted by molar-refractivity contribution is -0.143. The van der Waals surface area contributed by atoms with Gasteiger partial charge in [0.05, 0.1) is 18.8 Å². The molecule has 0 amide bonds. The molecule has 1 rings (SSSR count). The molecule has 0 aliphatic heterocycles. The number of hydrogen-bond acceptors (Lipinski definition) is 4. The minimum absolute atomic E-state index is 0.141. The number of carbonyl (C=O) groups excluding carboxylic acids is 2. The Morgan fingerprint density at radius 2 is 1.41 bits per heavy atom. The number of carbonyl (C=O) groups is 2. The standard InChI is InChI=1S/C18H30O4/c1-4-12-21-17(19)15(6-3)16(18(20)22-13-5-2)14-10-8-7-9-11-14/h14H,4-13H2,1-3H3/b16-15-. The lowest BCUT2D eigenvalue weighted by atomic mass is 9.81. The van der Waals surface area contributed by atoms with E-state index in [0.29, 0.717) is 30.8 Å². The highest BCUT2D eigenvalue weighted by Gasteiger charge is 2.30. The number of hydrogen-bond donors (Lipinski definition) is 0. The first-order chi connectivity index (χ1) is 10.7. The van der Waals surface area contributed by atoms with Crippen LogP contribution in [0.5, 0.6) is 0 Å². The average molecular weight is 310 g/mol. The van der Waals surface area contributed by atoms with Crippen molar-refractivity contribution in [3.63, 3.8) is 0 Å². The zero-order valence-corrected chi connectivity index (χ0v) is 14.3. The second kappa shape index (κ2) is 10.4. The van der Waals surface area contributed by atoms with Crippen molar-refractivity contribution >= 4 is 11.9 Å². The Kier molecular flexibility index (Phi) is 8.86. The fourth-order valence-electron chi connectivity index (χ4n) is 2.93. The maximum Gasteiger partial charge on any atom is 0.334 e. The van der Waals surface area contributed by atoms with Gasteiger partial charge in [-0.25, -0.2) is 9.59 Å². The van der Waals surface area contributed by atoms with Gasteiger partial charge >= 0.3 is 11.9 Å². The van der Waals surface area contributed by atoms with Gasteiger partial charge in [0.25, 0.3) is 0 Å². The summed E-state index contributed by atoms with van der Waals surface area (Å²) in [5, 5.41) is 0. The molecule has 0 unspecified atom stereocenters. The Hall–Kier alpha value is -1.32. The number of rotatable bonds is 8. The van der Waals surface area contributed by atoms with Crippen LogP contribution in [0.1, 0.15) is 72.1 Å². The van der Waals surface area contributed by atoms with Gasteiger partial charge in [0.15, 0.2) is 0 Å². The van der Waals surface area contributed by atoms with Crippen LogP contribution in [0.15, 0.2) is 11.1 Å². The van der Waals surface area contributed by atoms with Crippen LogP contribution in [0.2, 0.25) is 0 Å².